The number of aryl methyl sites for hydroxylation is 1. The number of hydrogen-bond acceptors (Lipinski definition) is 8. The Hall–Kier alpha value is -3.04. The number of aromatic nitrogens is 3. The quantitative estimate of drug-likeness (QED) is 0.216. The van der Waals surface area contributed by atoms with Crippen LogP contribution in [0.4, 0.5) is 5.13 Å². The predicted molar refractivity (Wildman–Crippen MR) is 123 cm³/mol. The third-order valence-electron chi connectivity index (χ3n) is 4.18. The summed E-state index contributed by atoms with van der Waals surface area (Å²) in [6.45, 7) is 7.28. The van der Waals surface area contributed by atoms with Crippen molar-refractivity contribution in [3.63, 3.8) is 0 Å². The standard InChI is InChI=1S/C22H22N4O3S2/c1-4-11-29-21(28)19-14(3)25-22(31-19)26-20(27)17(5-2)30-18-12-16(23-13-24-18)15-9-7-6-8-10-15/h4,6-10,12-13,17H,1,5,11H2,2-3H3,(H,25,26,27). The van der Waals surface area contributed by atoms with Gasteiger partial charge in [-0.3, -0.25) is 4.79 Å². The Balaban J connectivity index is 1.69. The van der Waals surface area contributed by atoms with Crippen LogP contribution in [0.15, 0.2) is 60.4 Å². The van der Waals surface area contributed by atoms with Gasteiger partial charge in [0.1, 0.15) is 22.8 Å². The molecule has 0 spiro atoms. The van der Waals surface area contributed by atoms with Crippen LogP contribution in [0.5, 0.6) is 0 Å². The van der Waals surface area contributed by atoms with Gasteiger partial charge in [-0.15, -0.1) is 0 Å². The van der Waals surface area contributed by atoms with E-state index in [2.05, 4.69) is 26.8 Å². The van der Waals surface area contributed by atoms with Gasteiger partial charge < -0.3 is 10.1 Å². The molecule has 0 saturated carbocycles. The van der Waals surface area contributed by atoms with E-state index in [1.807, 2.05) is 43.3 Å². The third-order valence-corrected chi connectivity index (χ3v) is 6.53. The molecule has 0 radical (unpaired) electrons. The molecule has 1 unspecified atom stereocenters. The Bertz CT molecular complexity index is 1070. The van der Waals surface area contributed by atoms with Crippen molar-refractivity contribution in [1.29, 1.82) is 0 Å². The molecule has 0 aliphatic carbocycles. The zero-order valence-corrected chi connectivity index (χ0v) is 18.8. The summed E-state index contributed by atoms with van der Waals surface area (Å²) in [5.41, 5.74) is 2.29. The zero-order chi connectivity index (χ0) is 22.2. The Kier molecular flexibility index (Phi) is 7.91. The highest BCUT2D eigenvalue weighted by molar-refractivity contribution is 8.00. The van der Waals surface area contributed by atoms with E-state index >= 15 is 0 Å². The van der Waals surface area contributed by atoms with Gasteiger partial charge >= 0.3 is 5.97 Å². The number of thiazole rings is 1. The van der Waals surface area contributed by atoms with Gasteiger partial charge in [0.05, 0.1) is 16.6 Å². The summed E-state index contributed by atoms with van der Waals surface area (Å²) in [4.78, 5) is 38.2. The SMILES string of the molecule is C=CCOC(=O)c1sc(NC(=O)C(CC)Sc2cc(-c3ccccc3)ncn2)nc1C. The van der Waals surface area contributed by atoms with Crippen molar-refractivity contribution in [2.45, 2.75) is 30.5 Å². The summed E-state index contributed by atoms with van der Waals surface area (Å²) in [6, 6.07) is 11.7. The topological polar surface area (TPSA) is 94.1 Å². The Morgan fingerprint density at radius 2 is 2.06 bits per heavy atom. The first-order valence-electron chi connectivity index (χ1n) is 9.62. The lowest BCUT2D eigenvalue weighted by Gasteiger charge is -2.13. The molecule has 3 rings (SSSR count). The second-order valence-electron chi connectivity index (χ2n) is 6.43. The largest absolute Gasteiger partial charge is 0.457 e. The van der Waals surface area contributed by atoms with E-state index in [0.717, 1.165) is 22.6 Å². The number of carbonyl (C=O) groups excluding carboxylic acids is 2. The van der Waals surface area contributed by atoms with Crippen molar-refractivity contribution in [2.75, 3.05) is 11.9 Å². The minimum atomic E-state index is -0.480. The van der Waals surface area contributed by atoms with E-state index in [1.54, 1.807) is 6.92 Å². The van der Waals surface area contributed by atoms with E-state index in [1.165, 1.54) is 24.2 Å². The fraction of sp³-hybridized carbons (Fsp3) is 0.227. The molecule has 2 heterocycles. The van der Waals surface area contributed by atoms with Gasteiger partial charge in [-0.25, -0.2) is 19.7 Å². The molecule has 2 aromatic heterocycles. The van der Waals surface area contributed by atoms with Crippen molar-refractivity contribution in [1.82, 2.24) is 15.0 Å². The Morgan fingerprint density at radius 1 is 1.29 bits per heavy atom. The number of benzene rings is 1. The maximum atomic E-state index is 12.8. The molecule has 0 fully saturated rings. The van der Waals surface area contributed by atoms with Crippen molar-refractivity contribution in [3.8, 4) is 11.3 Å². The molecule has 0 aliphatic heterocycles. The minimum absolute atomic E-state index is 0.121. The lowest BCUT2D eigenvalue weighted by molar-refractivity contribution is -0.115. The lowest BCUT2D eigenvalue weighted by atomic mass is 10.1. The fourth-order valence-corrected chi connectivity index (χ4v) is 4.44. The molecule has 0 aliphatic rings. The van der Waals surface area contributed by atoms with Crippen molar-refractivity contribution in [3.05, 3.63) is 66.0 Å². The molecule has 3 aromatic rings. The van der Waals surface area contributed by atoms with Crippen molar-refractivity contribution in [2.24, 2.45) is 0 Å². The molecule has 160 valence electrons. The second kappa shape index (κ2) is 10.8. The van der Waals surface area contributed by atoms with Crippen LogP contribution in [-0.4, -0.2) is 38.7 Å². The smallest absolute Gasteiger partial charge is 0.350 e. The van der Waals surface area contributed by atoms with E-state index in [4.69, 9.17) is 4.74 Å². The Labute approximate surface area is 189 Å². The molecular formula is C22H22N4O3S2. The fourth-order valence-electron chi connectivity index (χ4n) is 2.66. The van der Waals surface area contributed by atoms with Gasteiger partial charge in [-0.05, 0) is 19.4 Å². The molecule has 9 heteroatoms. The van der Waals surface area contributed by atoms with Gasteiger partial charge in [0.15, 0.2) is 5.13 Å². The van der Waals surface area contributed by atoms with Crippen LogP contribution in [0, 0.1) is 6.92 Å². The molecule has 7 nitrogen and oxygen atoms in total. The van der Waals surface area contributed by atoms with Gasteiger partial charge in [0, 0.05) is 5.56 Å². The summed E-state index contributed by atoms with van der Waals surface area (Å²) in [5.74, 6) is -0.682. The average Bonchev–Trinajstić information content (AvgIpc) is 3.16. The first kappa shape index (κ1) is 22.6. The summed E-state index contributed by atoms with van der Waals surface area (Å²) in [6.07, 6.45) is 3.59. The number of nitrogens with one attached hydrogen (secondary N) is 1. The number of rotatable bonds is 9. The van der Waals surface area contributed by atoms with Crippen molar-refractivity contribution < 1.29 is 14.3 Å². The summed E-state index contributed by atoms with van der Waals surface area (Å²) >= 11 is 2.46. The number of amides is 1. The number of esters is 1. The van der Waals surface area contributed by atoms with E-state index in [9.17, 15) is 9.59 Å². The molecule has 1 atom stereocenters. The number of thioether (sulfide) groups is 1. The van der Waals surface area contributed by atoms with E-state index < -0.39 is 5.97 Å². The van der Waals surface area contributed by atoms with E-state index in [0.29, 0.717) is 27.1 Å². The van der Waals surface area contributed by atoms with Crippen LogP contribution < -0.4 is 5.32 Å². The first-order valence-corrected chi connectivity index (χ1v) is 11.3. The highest BCUT2D eigenvalue weighted by Gasteiger charge is 2.22. The van der Waals surface area contributed by atoms with Crippen LogP contribution in [0.25, 0.3) is 11.3 Å². The molecule has 1 amide bonds. The molecule has 0 bridgehead atoms. The van der Waals surface area contributed by atoms with Crippen molar-refractivity contribution >= 4 is 40.1 Å². The monoisotopic (exact) mass is 454 g/mol. The number of hydrogen-bond donors (Lipinski definition) is 1. The average molecular weight is 455 g/mol. The van der Waals surface area contributed by atoms with Crippen LogP contribution in [0.3, 0.4) is 0 Å². The van der Waals surface area contributed by atoms with Crippen LogP contribution in [0.1, 0.15) is 28.7 Å². The van der Waals surface area contributed by atoms with Crippen LogP contribution in [0.2, 0.25) is 0 Å². The predicted octanol–water partition coefficient (Wildman–Crippen LogP) is 4.76. The lowest BCUT2D eigenvalue weighted by Crippen LogP contribution is -2.24. The molecule has 31 heavy (non-hydrogen) atoms. The van der Waals surface area contributed by atoms with Gasteiger partial charge in [-0.2, -0.15) is 0 Å². The van der Waals surface area contributed by atoms with Gasteiger partial charge in [0.25, 0.3) is 0 Å². The molecule has 0 saturated heterocycles. The molecular weight excluding hydrogens is 432 g/mol. The van der Waals surface area contributed by atoms with Crippen LogP contribution >= 0.6 is 23.1 Å². The highest BCUT2D eigenvalue weighted by Crippen LogP contribution is 2.29. The van der Waals surface area contributed by atoms with Gasteiger partial charge in [0.2, 0.25) is 5.91 Å². The molecule has 1 N–H and O–H groups in total. The minimum Gasteiger partial charge on any atom is -0.457 e. The molecule has 1 aromatic carbocycles. The highest BCUT2D eigenvalue weighted by atomic mass is 32.2. The number of nitrogens with zero attached hydrogens (tertiary/aromatic N) is 3. The zero-order valence-electron chi connectivity index (χ0n) is 17.2. The normalized spacial score (nSPS) is 11.5. The summed E-state index contributed by atoms with van der Waals surface area (Å²) in [7, 11) is 0. The number of anilines is 1. The number of ether oxygens (including phenoxy) is 1. The maximum Gasteiger partial charge on any atom is 0.350 e. The summed E-state index contributed by atoms with van der Waals surface area (Å²) in [5, 5.41) is 3.50. The first-order chi connectivity index (χ1) is 15.0. The third kappa shape index (κ3) is 5.99. The maximum absolute atomic E-state index is 12.8. The Morgan fingerprint density at radius 3 is 2.77 bits per heavy atom. The van der Waals surface area contributed by atoms with Gasteiger partial charge in [-0.1, -0.05) is 73.0 Å². The van der Waals surface area contributed by atoms with Crippen LogP contribution in [-0.2, 0) is 9.53 Å². The van der Waals surface area contributed by atoms with E-state index in [-0.39, 0.29) is 17.8 Å². The number of carbonyl (C=O) groups is 2. The summed E-state index contributed by atoms with van der Waals surface area (Å²) < 4.78 is 5.05. The second-order valence-corrected chi connectivity index (χ2v) is 8.65.